The summed E-state index contributed by atoms with van der Waals surface area (Å²) in [6.45, 7) is 6.27. The highest BCUT2D eigenvalue weighted by Crippen LogP contribution is 2.28. The van der Waals surface area contributed by atoms with Gasteiger partial charge in [-0.25, -0.2) is 4.99 Å². The first-order valence-electron chi connectivity index (χ1n) is 6.61. The number of anilines is 1. The van der Waals surface area contributed by atoms with Crippen LogP contribution in [0.15, 0.2) is 23.2 Å². The van der Waals surface area contributed by atoms with Crippen LogP contribution in [0.4, 0.5) is 5.69 Å². The predicted molar refractivity (Wildman–Crippen MR) is 94.0 cm³/mol. The van der Waals surface area contributed by atoms with Crippen molar-refractivity contribution in [2.45, 2.75) is 32.1 Å². The van der Waals surface area contributed by atoms with Crippen molar-refractivity contribution in [3.05, 3.63) is 29.3 Å². The van der Waals surface area contributed by atoms with Crippen LogP contribution in [0.25, 0.3) is 0 Å². The summed E-state index contributed by atoms with van der Waals surface area (Å²) in [6.07, 6.45) is 0. The average molecular weight is 307 g/mol. The molecule has 0 amide bonds. The van der Waals surface area contributed by atoms with Gasteiger partial charge in [-0.3, -0.25) is 0 Å². The van der Waals surface area contributed by atoms with Gasteiger partial charge in [-0.15, -0.1) is 0 Å². The Morgan fingerprint density at radius 3 is 2.60 bits per heavy atom. The molecule has 0 atom stereocenters. The van der Waals surface area contributed by atoms with E-state index >= 15 is 0 Å². The third kappa shape index (κ3) is 3.15. The fourth-order valence-electron chi connectivity index (χ4n) is 2.27. The maximum atomic E-state index is 5.28. The van der Waals surface area contributed by atoms with E-state index in [1.807, 2.05) is 0 Å². The molecule has 0 saturated carbocycles. The van der Waals surface area contributed by atoms with Gasteiger partial charge in [0.05, 0.1) is 5.54 Å². The number of amidine groups is 1. The molecule has 5 heteroatoms. The van der Waals surface area contributed by atoms with E-state index < -0.39 is 0 Å². The topological polar surface area (TPSA) is 27.6 Å². The van der Waals surface area contributed by atoms with E-state index in [1.165, 1.54) is 16.8 Å². The zero-order chi connectivity index (χ0) is 14.9. The standard InChI is InChI=1S/C15H21N3S2/c1-10-7-6-8-11(12(10)18(4)5)9-20-14-16-13(19)15(2,3)17-14/h6-8H,9H2,1-5H3,(H,16,17,19). The third-order valence-electron chi connectivity index (χ3n) is 3.29. The lowest BCUT2D eigenvalue weighted by Crippen LogP contribution is -2.40. The van der Waals surface area contributed by atoms with Crippen molar-refractivity contribution in [1.29, 1.82) is 0 Å². The van der Waals surface area contributed by atoms with Gasteiger partial charge >= 0.3 is 0 Å². The number of hydrogen-bond donors (Lipinski definition) is 1. The van der Waals surface area contributed by atoms with Crippen molar-refractivity contribution in [2.75, 3.05) is 19.0 Å². The van der Waals surface area contributed by atoms with Crippen molar-refractivity contribution >= 4 is 39.8 Å². The number of nitrogens with zero attached hydrogens (tertiary/aromatic N) is 2. The first-order valence-corrected chi connectivity index (χ1v) is 8.00. The molecule has 0 bridgehead atoms. The summed E-state index contributed by atoms with van der Waals surface area (Å²) < 4.78 is 0. The lowest BCUT2D eigenvalue weighted by Gasteiger charge is -2.21. The Morgan fingerprint density at radius 2 is 2.05 bits per heavy atom. The van der Waals surface area contributed by atoms with Crippen LogP contribution >= 0.6 is 24.0 Å². The molecular weight excluding hydrogens is 286 g/mol. The highest BCUT2D eigenvalue weighted by Gasteiger charge is 2.30. The second kappa shape index (κ2) is 5.74. The number of para-hydroxylation sites is 1. The van der Waals surface area contributed by atoms with E-state index in [1.54, 1.807) is 11.8 Å². The van der Waals surface area contributed by atoms with Crippen molar-refractivity contribution in [1.82, 2.24) is 5.32 Å². The van der Waals surface area contributed by atoms with Gasteiger partial charge in [0.1, 0.15) is 4.99 Å². The number of benzene rings is 1. The number of thioether (sulfide) groups is 1. The Balaban J connectivity index is 2.12. The van der Waals surface area contributed by atoms with Crippen molar-refractivity contribution in [2.24, 2.45) is 4.99 Å². The smallest absolute Gasteiger partial charge is 0.163 e. The molecule has 0 aliphatic carbocycles. The third-order valence-corrected chi connectivity index (χ3v) is 4.81. The van der Waals surface area contributed by atoms with E-state index in [0.29, 0.717) is 0 Å². The Kier molecular flexibility index (Phi) is 4.39. The minimum atomic E-state index is -0.200. The molecule has 0 radical (unpaired) electrons. The molecule has 2 rings (SSSR count). The van der Waals surface area contributed by atoms with E-state index in [2.05, 4.69) is 68.3 Å². The molecule has 3 nitrogen and oxygen atoms in total. The van der Waals surface area contributed by atoms with Gasteiger partial charge in [0.2, 0.25) is 0 Å². The summed E-state index contributed by atoms with van der Waals surface area (Å²) >= 11 is 6.99. The second-order valence-electron chi connectivity index (χ2n) is 5.74. The Labute approximate surface area is 130 Å². The van der Waals surface area contributed by atoms with Gasteiger partial charge < -0.3 is 10.2 Å². The van der Waals surface area contributed by atoms with E-state index in [4.69, 9.17) is 12.2 Å². The van der Waals surface area contributed by atoms with Crippen LogP contribution in [0, 0.1) is 6.92 Å². The first-order chi connectivity index (χ1) is 9.31. The maximum Gasteiger partial charge on any atom is 0.163 e. The first kappa shape index (κ1) is 15.3. The van der Waals surface area contributed by atoms with Gasteiger partial charge in [0, 0.05) is 25.5 Å². The number of aliphatic imine (C=N–C) groups is 1. The van der Waals surface area contributed by atoms with Crippen LogP contribution in [-0.4, -0.2) is 29.8 Å². The summed E-state index contributed by atoms with van der Waals surface area (Å²) in [5.41, 5.74) is 3.71. The number of nitrogens with one attached hydrogen (secondary N) is 1. The molecule has 0 saturated heterocycles. The quantitative estimate of drug-likeness (QED) is 0.867. The molecule has 0 spiro atoms. The molecule has 1 heterocycles. The highest BCUT2D eigenvalue weighted by atomic mass is 32.2. The Bertz CT molecular complexity index is 562. The molecule has 1 aliphatic rings. The summed E-state index contributed by atoms with van der Waals surface area (Å²) in [7, 11) is 4.17. The lowest BCUT2D eigenvalue weighted by molar-refractivity contribution is 0.644. The highest BCUT2D eigenvalue weighted by molar-refractivity contribution is 8.13. The molecular formula is C15H21N3S2. The van der Waals surface area contributed by atoms with Gasteiger partial charge in [-0.1, -0.05) is 42.2 Å². The van der Waals surface area contributed by atoms with Crippen molar-refractivity contribution in [3.8, 4) is 0 Å². The monoisotopic (exact) mass is 307 g/mol. The van der Waals surface area contributed by atoms with Crippen LogP contribution in [0.5, 0.6) is 0 Å². The number of aryl methyl sites for hydroxylation is 1. The van der Waals surface area contributed by atoms with E-state index in [-0.39, 0.29) is 5.54 Å². The van der Waals surface area contributed by atoms with Crippen LogP contribution in [0.3, 0.4) is 0 Å². The summed E-state index contributed by atoms with van der Waals surface area (Å²) in [5, 5.41) is 4.29. The molecule has 108 valence electrons. The van der Waals surface area contributed by atoms with Crippen LogP contribution in [0.2, 0.25) is 0 Å². The van der Waals surface area contributed by atoms with E-state index in [9.17, 15) is 0 Å². The number of thiocarbonyl (C=S) groups is 1. The normalized spacial score (nSPS) is 16.9. The zero-order valence-corrected chi connectivity index (χ0v) is 14.3. The molecule has 1 aromatic carbocycles. The number of hydrogen-bond acceptors (Lipinski definition) is 4. The summed E-state index contributed by atoms with van der Waals surface area (Å²) in [5.74, 6) is 0.889. The minimum Gasteiger partial charge on any atom is -0.377 e. The maximum absolute atomic E-state index is 5.28. The Morgan fingerprint density at radius 1 is 1.35 bits per heavy atom. The van der Waals surface area contributed by atoms with Gasteiger partial charge in [-0.2, -0.15) is 0 Å². The van der Waals surface area contributed by atoms with Crippen molar-refractivity contribution < 1.29 is 0 Å². The SMILES string of the molecule is Cc1cccc(CSC2=NC(=S)C(C)(C)N2)c1N(C)C. The fourth-order valence-corrected chi connectivity index (χ4v) is 3.48. The lowest BCUT2D eigenvalue weighted by atomic mass is 10.1. The van der Waals surface area contributed by atoms with E-state index in [0.717, 1.165) is 15.9 Å². The molecule has 1 N–H and O–H groups in total. The fraction of sp³-hybridized carbons (Fsp3) is 0.467. The number of rotatable bonds is 3. The molecule has 20 heavy (non-hydrogen) atoms. The van der Waals surface area contributed by atoms with Crippen molar-refractivity contribution in [3.63, 3.8) is 0 Å². The van der Waals surface area contributed by atoms with Crippen LogP contribution < -0.4 is 10.2 Å². The molecule has 0 fully saturated rings. The minimum absolute atomic E-state index is 0.200. The van der Waals surface area contributed by atoms with Gasteiger partial charge in [-0.05, 0) is 31.9 Å². The predicted octanol–water partition coefficient (Wildman–Crippen LogP) is 3.36. The van der Waals surface area contributed by atoms with Crippen LogP contribution in [0.1, 0.15) is 25.0 Å². The average Bonchev–Trinajstić information content (AvgIpc) is 2.60. The molecule has 0 unspecified atom stereocenters. The summed E-state index contributed by atoms with van der Waals surface area (Å²) in [6, 6.07) is 6.43. The second-order valence-corrected chi connectivity index (χ2v) is 7.09. The zero-order valence-electron chi connectivity index (χ0n) is 12.7. The Hall–Kier alpha value is -1.07. The van der Waals surface area contributed by atoms with Crippen LogP contribution in [-0.2, 0) is 5.75 Å². The summed E-state index contributed by atoms with van der Waals surface area (Å²) in [4.78, 5) is 7.34. The van der Waals surface area contributed by atoms with Gasteiger partial charge in [0.15, 0.2) is 5.17 Å². The van der Waals surface area contributed by atoms with Gasteiger partial charge in [0.25, 0.3) is 0 Å². The largest absolute Gasteiger partial charge is 0.377 e. The molecule has 1 aliphatic heterocycles. The molecule has 0 aromatic heterocycles. The molecule has 1 aromatic rings.